The monoisotopic (exact) mass is 306 g/mol. The average Bonchev–Trinajstić information content (AvgIpc) is 2.33. The molecule has 0 bridgehead atoms. The van der Waals surface area contributed by atoms with E-state index in [0.29, 0.717) is 19.1 Å². The zero-order valence-corrected chi connectivity index (χ0v) is 14.3. The number of morpholine rings is 1. The van der Waals surface area contributed by atoms with Crippen molar-refractivity contribution in [1.82, 2.24) is 10.6 Å². The average molecular weight is 307 g/mol. The maximum Gasteiger partial charge on any atom is 0.250 e. The normalized spacial score (nSPS) is 21.2. The lowest BCUT2D eigenvalue weighted by molar-refractivity contribution is -0.135. The number of carbonyl (C=O) groups excluding carboxylic acids is 1. The molecule has 0 aromatic carbocycles. The minimum absolute atomic E-state index is 0. The van der Waals surface area contributed by atoms with Crippen molar-refractivity contribution in [2.24, 2.45) is 11.3 Å². The molecule has 1 rings (SSSR count). The van der Waals surface area contributed by atoms with Gasteiger partial charge < -0.3 is 15.4 Å². The maximum atomic E-state index is 12.2. The Balaban J connectivity index is 0.00000361. The third-order valence-electron chi connectivity index (χ3n) is 3.61. The van der Waals surface area contributed by atoms with Gasteiger partial charge in [-0.3, -0.25) is 4.79 Å². The van der Waals surface area contributed by atoms with Crippen molar-refractivity contribution in [3.63, 3.8) is 0 Å². The molecule has 1 aliphatic rings. The van der Waals surface area contributed by atoms with Gasteiger partial charge in [0.05, 0.1) is 6.61 Å². The van der Waals surface area contributed by atoms with Gasteiger partial charge in [0.25, 0.3) is 5.91 Å². The van der Waals surface area contributed by atoms with Crippen LogP contribution in [0.4, 0.5) is 0 Å². The van der Waals surface area contributed by atoms with Crippen molar-refractivity contribution in [2.45, 2.75) is 59.6 Å². The summed E-state index contributed by atoms with van der Waals surface area (Å²) in [5, 5.41) is 6.37. The summed E-state index contributed by atoms with van der Waals surface area (Å²) in [6.45, 7) is 13.0. The van der Waals surface area contributed by atoms with Crippen LogP contribution in [0, 0.1) is 11.3 Å². The Labute approximate surface area is 129 Å². The van der Waals surface area contributed by atoms with E-state index in [-0.39, 0.29) is 35.9 Å². The summed E-state index contributed by atoms with van der Waals surface area (Å²) in [5.41, 5.74) is 0.0760. The van der Waals surface area contributed by atoms with E-state index in [1.165, 1.54) is 0 Å². The van der Waals surface area contributed by atoms with E-state index in [1.54, 1.807) is 0 Å². The predicted molar refractivity (Wildman–Crippen MR) is 85.3 cm³/mol. The fourth-order valence-corrected chi connectivity index (χ4v) is 2.22. The Bertz CT molecular complexity index is 284. The van der Waals surface area contributed by atoms with E-state index in [4.69, 9.17) is 4.74 Å². The Kier molecular flexibility index (Phi) is 8.71. The molecule has 120 valence electrons. The standard InChI is InChI=1S/C15H30N2O2.ClH/c1-11(2)6-7-13(15(3,4)5)17-14(18)12-10-16-8-9-19-12;/h11-13,16H,6-10H2,1-5H3,(H,17,18);1H. The third-order valence-corrected chi connectivity index (χ3v) is 3.61. The molecule has 20 heavy (non-hydrogen) atoms. The minimum Gasteiger partial charge on any atom is -0.366 e. The van der Waals surface area contributed by atoms with Crippen LogP contribution in [-0.4, -0.2) is 37.7 Å². The molecule has 1 heterocycles. The molecule has 0 spiro atoms. The molecule has 2 atom stereocenters. The summed E-state index contributed by atoms with van der Waals surface area (Å²) < 4.78 is 5.50. The van der Waals surface area contributed by atoms with Gasteiger partial charge >= 0.3 is 0 Å². The first-order valence-electron chi connectivity index (χ1n) is 7.43. The summed E-state index contributed by atoms with van der Waals surface area (Å²) in [7, 11) is 0. The van der Waals surface area contributed by atoms with E-state index >= 15 is 0 Å². The smallest absolute Gasteiger partial charge is 0.250 e. The van der Waals surface area contributed by atoms with Crippen LogP contribution in [0.2, 0.25) is 0 Å². The van der Waals surface area contributed by atoms with Gasteiger partial charge in [0.2, 0.25) is 0 Å². The summed E-state index contributed by atoms with van der Waals surface area (Å²) in [6.07, 6.45) is 1.82. The number of rotatable bonds is 5. The van der Waals surface area contributed by atoms with E-state index in [2.05, 4.69) is 45.3 Å². The molecule has 0 aromatic heterocycles. The Morgan fingerprint density at radius 3 is 2.45 bits per heavy atom. The highest BCUT2D eigenvalue weighted by Crippen LogP contribution is 2.24. The molecule has 5 heteroatoms. The fourth-order valence-electron chi connectivity index (χ4n) is 2.22. The van der Waals surface area contributed by atoms with Gasteiger partial charge in [-0.2, -0.15) is 0 Å². The highest BCUT2D eigenvalue weighted by Gasteiger charge is 2.29. The van der Waals surface area contributed by atoms with E-state index < -0.39 is 0 Å². The predicted octanol–water partition coefficient (Wildman–Crippen LogP) is 2.36. The van der Waals surface area contributed by atoms with Gasteiger partial charge in [0.1, 0.15) is 6.10 Å². The van der Waals surface area contributed by atoms with Crippen LogP contribution >= 0.6 is 12.4 Å². The quantitative estimate of drug-likeness (QED) is 0.820. The highest BCUT2D eigenvalue weighted by molar-refractivity contribution is 5.85. The number of hydrogen-bond donors (Lipinski definition) is 2. The van der Waals surface area contributed by atoms with Gasteiger partial charge in [-0.05, 0) is 24.2 Å². The molecule has 2 N–H and O–H groups in total. The summed E-state index contributed by atoms with van der Waals surface area (Å²) in [5.74, 6) is 0.685. The van der Waals surface area contributed by atoms with Gasteiger partial charge in [-0.1, -0.05) is 34.6 Å². The van der Waals surface area contributed by atoms with E-state index in [9.17, 15) is 4.79 Å². The van der Waals surface area contributed by atoms with Gasteiger partial charge in [-0.25, -0.2) is 0 Å². The number of amides is 1. The Hall–Kier alpha value is -0.320. The molecule has 1 saturated heterocycles. The third kappa shape index (κ3) is 6.91. The summed E-state index contributed by atoms with van der Waals surface area (Å²) in [4.78, 5) is 12.2. The largest absolute Gasteiger partial charge is 0.366 e. The minimum atomic E-state index is -0.336. The second kappa shape index (κ2) is 8.85. The number of carbonyl (C=O) groups is 1. The molecule has 1 fully saturated rings. The van der Waals surface area contributed by atoms with E-state index in [0.717, 1.165) is 19.4 Å². The molecule has 1 amide bonds. The van der Waals surface area contributed by atoms with Crippen LogP contribution in [0.3, 0.4) is 0 Å². The van der Waals surface area contributed by atoms with Crippen molar-refractivity contribution in [3.05, 3.63) is 0 Å². The van der Waals surface area contributed by atoms with Crippen LogP contribution in [0.1, 0.15) is 47.5 Å². The lowest BCUT2D eigenvalue weighted by Crippen LogP contribution is -2.53. The van der Waals surface area contributed by atoms with Crippen molar-refractivity contribution < 1.29 is 9.53 Å². The first-order valence-corrected chi connectivity index (χ1v) is 7.43. The molecule has 4 nitrogen and oxygen atoms in total. The number of hydrogen-bond acceptors (Lipinski definition) is 3. The van der Waals surface area contributed by atoms with Crippen molar-refractivity contribution >= 4 is 18.3 Å². The molecular weight excluding hydrogens is 276 g/mol. The van der Waals surface area contributed by atoms with Crippen LogP contribution < -0.4 is 10.6 Å². The molecule has 1 aliphatic heterocycles. The zero-order valence-electron chi connectivity index (χ0n) is 13.5. The van der Waals surface area contributed by atoms with Crippen molar-refractivity contribution in [1.29, 1.82) is 0 Å². The van der Waals surface area contributed by atoms with E-state index in [1.807, 2.05) is 0 Å². The summed E-state index contributed by atoms with van der Waals surface area (Å²) >= 11 is 0. The molecule has 0 aromatic rings. The van der Waals surface area contributed by atoms with Crippen molar-refractivity contribution in [3.8, 4) is 0 Å². The SMILES string of the molecule is CC(C)CCC(NC(=O)C1CNCCO1)C(C)(C)C.Cl. The van der Waals surface area contributed by atoms with Crippen LogP contribution in [0.15, 0.2) is 0 Å². The van der Waals surface area contributed by atoms with Gasteiger partial charge in [0, 0.05) is 19.1 Å². The van der Waals surface area contributed by atoms with Gasteiger partial charge in [-0.15, -0.1) is 12.4 Å². The topological polar surface area (TPSA) is 50.4 Å². The number of nitrogens with one attached hydrogen (secondary N) is 2. The van der Waals surface area contributed by atoms with Crippen molar-refractivity contribution in [2.75, 3.05) is 19.7 Å². The maximum absolute atomic E-state index is 12.2. The number of halogens is 1. The van der Waals surface area contributed by atoms with Gasteiger partial charge in [0.15, 0.2) is 0 Å². The fraction of sp³-hybridized carbons (Fsp3) is 0.933. The lowest BCUT2D eigenvalue weighted by atomic mass is 9.82. The highest BCUT2D eigenvalue weighted by atomic mass is 35.5. The van der Waals surface area contributed by atoms with Crippen LogP contribution in [-0.2, 0) is 9.53 Å². The second-order valence-corrected chi connectivity index (χ2v) is 6.96. The first kappa shape index (κ1) is 19.7. The molecular formula is C15H31ClN2O2. The lowest BCUT2D eigenvalue weighted by Gasteiger charge is -2.34. The zero-order chi connectivity index (χ0) is 14.5. The first-order chi connectivity index (χ1) is 8.80. The molecule has 0 saturated carbocycles. The molecule has 2 unspecified atom stereocenters. The van der Waals surface area contributed by atoms with Crippen LogP contribution in [0.25, 0.3) is 0 Å². The Morgan fingerprint density at radius 1 is 1.35 bits per heavy atom. The second-order valence-electron chi connectivity index (χ2n) is 6.96. The summed E-state index contributed by atoms with van der Waals surface area (Å²) in [6, 6.07) is 0.202. The van der Waals surface area contributed by atoms with Crippen LogP contribution in [0.5, 0.6) is 0 Å². The molecule has 0 radical (unpaired) electrons. The molecule has 0 aliphatic carbocycles. The number of ether oxygens (including phenoxy) is 1. The Morgan fingerprint density at radius 2 is 2.00 bits per heavy atom.